The lowest BCUT2D eigenvalue weighted by Gasteiger charge is -2.29. The van der Waals surface area contributed by atoms with Crippen LogP contribution in [0.3, 0.4) is 0 Å². The lowest BCUT2D eigenvalue weighted by Crippen LogP contribution is -2.36. The number of anilines is 1. The van der Waals surface area contributed by atoms with Gasteiger partial charge in [-0.25, -0.2) is 0 Å². The van der Waals surface area contributed by atoms with E-state index in [0.29, 0.717) is 12.6 Å². The maximum absolute atomic E-state index is 5.17. The summed E-state index contributed by atoms with van der Waals surface area (Å²) in [5.41, 5.74) is 0.974. The molecule has 19 heavy (non-hydrogen) atoms. The second-order valence-electron chi connectivity index (χ2n) is 4.61. The quantitative estimate of drug-likeness (QED) is 0.739. The van der Waals surface area contributed by atoms with Gasteiger partial charge < -0.3 is 15.0 Å². The predicted octanol–water partition coefficient (Wildman–Crippen LogP) is 1.84. The molecule has 0 bridgehead atoms. The van der Waals surface area contributed by atoms with Crippen LogP contribution in [-0.4, -0.2) is 43.0 Å². The highest BCUT2D eigenvalue weighted by Gasteiger charge is 2.14. The fourth-order valence-electron chi connectivity index (χ4n) is 1.82. The van der Waals surface area contributed by atoms with Crippen LogP contribution in [0.1, 0.15) is 32.9 Å². The standard InChI is InChI=1S/C14H26N4O/c1-5-12(3)18(9-10-19-4)14-8-7-13(16-17-14)11-15-6-2/h7-8,12,15H,5-6,9-11H2,1-4H3. The first-order valence-electron chi connectivity index (χ1n) is 7.01. The Balaban J connectivity index is 2.72. The van der Waals surface area contributed by atoms with Crippen molar-refractivity contribution < 1.29 is 4.74 Å². The number of ether oxygens (including phenoxy) is 1. The van der Waals surface area contributed by atoms with Crippen LogP contribution >= 0.6 is 0 Å². The van der Waals surface area contributed by atoms with Gasteiger partial charge in [0, 0.05) is 26.2 Å². The summed E-state index contributed by atoms with van der Waals surface area (Å²) >= 11 is 0. The SMILES string of the molecule is CCNCc1ccc(N(CCOC)C(C)CC)nn1. The fourth-order valence-corrected chi connectivity index (χ4v) is 1.82. The summed E-state index contributed by atoms with van der Waals surface area (Å²) in [4.78, 5) is 2.24. The Hall–Kier alpha value is -1.20. The maximum Gasteiger partial charge on any atom is 0.151 e. The molecule has 0 aromatic carbocycles. The van der Waals surface area contributed by atoms with Gasteiger partial charge in [-0.15, -0.1) is 5.10 Å². The van der Waals surface area contributed by atoms with Crippen LogP contribution in [0, 0.1) is 0 Å². The van der Waals surface area contributed by atoms with E-state index < -0.39 is 0 Å². The van der Waals surface area contributed by atoms with Crippen LogP contribution in [0.2, 0.25) is 0 Å². The molecule has 0 fully saturated rings. The second-order valence-corrected chi connectivity index (χ2v) is 4.61. The minimum Gasteiger partial charge on any atom is -0.383 e. The van der Waals surface area contributed by atoms with E-state index in [1.807, 2.05) is 12.1 Å². The maximum atomic E-state index is 5.17. The van der Waals surface area contributed by atoms with Crippen molar-refractivity contribution in [2.45, 2.75) is 39.8 Å². The van der Waals surface area contributed by atoms with Gasteiger partial charge >= 0.3 is 0 Å². The average molecular weight is 266 g/mol. The Morgan fingerprint density at radius 1 is 1.32 bits per heavy atom. The van der Waals surface area contributed by atoms with Crippen LogP contribution < -0.4 is 10.2 Å². The number of nitrogens with one attached hydrogen (secondary N) is 1. The van der Waals surface area contributed by atoms with Crippen LogP contribution in [0.25, 0.3) is 0 Å². The molecule has 0 aliphatic rings. The highest BCUT2D eigenvalue weighted by Crippen LogP contribution is 2.14. The molecule has 1 N–H and O–H groups in total. The Bertz CT molecular complexity index is 342. The Kier molecular flexibility index (Phi) is 7.36. The minimum absolute atomic E-state index is 0.434. The van der Waals surface area contributed by atoms with Crippen LogP contribution in [0.15, 0.2) is 12.1 Å². The molecule has 0 radical (unpaired) electrons. The van der Waals surface area contributed by atoms with Crippen molar-refractivity contribution in [2.24, 2.45) is 0 Å². The molecule has 1 heterocycles. The fraction of sp³-hybridized carbons (Fsp3) is 0.714. The van der Waals surface area contributed by atoms with E-state index in [0.717, 1.165) is 37.6 Å². The monoisotopic (exact) mass is 266 g/mol. The summed E-state index contributed by atoms with van der Waals surface area (Å²) < 4.78 is 5.17. The van der Waals surface area contributed by atoms with Crippen LogP contribution in [-0.2, 0) is 11.3 Å². The van der Waals surface area contributed by atoms with Gasteiger partial charge in [0.2, 0.25) is 0 Å². The van der Waals surface area contributed by atoms with E-state index in [4.69, 9.17) is 4.74 Å². The first-order chi connectivity index (χ1) is 9.22. The molecule has 108 valence electrons. The molecule has 1 rings (SSSR count). The third-order valence-corrected chi connectivity index (χ3v) is 3.22. The summed E-state index contributed by atoms with van der Waals surface area (Å²) in [6.07, 6.45) is 1.07. The van der Waals surface area contributed by atoms with Gasteiger partial charge in [-0.1, -0.05) is 13.8 Å². The topological polar surface area (TPSA) is 50.3 Å². The van der Waals surface area contributed by atoms with Crippen molar-refractivity contribution in [3.8, 4) is 0 Å². The molecule has 1 unspecified atom stereocenters. The van der Waals surface area contributed by atoms with E-state index >= 15 is 0 Å². The van der Waals surface area contributed by atoms with E-state index in [1.54, 1.807) is 7.11 Å². The highest BCUT2D eigenvalue weighted by atomic mass is 16.5. The third kappa shape index (κ3) is 5.12. The Morgan fingerprint density at radius 3 is 2.63 bits per heavy atom. The zero-order valence-electron chi connectivity index (χ0n) is 12.5. The van der Waals surface area contributed by atoms with E-state index in [1.165, 1.54) is 0 Å². The highest BCUT2D eigenvalue weighted by molar-refractivity contribution is 5.38. The Morgan fingerprint density at radius 2 is 2.11 bits per heavy atom. The third-order valence-electron chi connectivity index (χ3n) is 3.22. The molecule has 1 atom stereocenters. The Labute approximate surface area is 116 Å². The normalized spacial score (nSPS) is 12.4. The zero-order valence-corrected chi connectivity index (χ0v) is 12.5. The van der Waals surface area contributed by atoms with Gasteiger partial charge in [0.1, 0.15) is 0 Å². The van der Waals surface area contributed by atoms with Gasteiger partial charge in [0.05, 0.1) is 12.3 Å². The average Bonchev–Trinajstić information content (AvgIpc) is 2.46. The van der Waals surface area contributed by atoms with Crippen molar-refractivity contribution in [1.82, 2.24) is 15.5 Å². The van der Waals surface area contributed by atoms with Crippen molar-refractivity contribution in [3.05, 3.63) is 17.8 Å². The minimum atomic E-state index is 0.434. The van der Waals surface area contributed by atoms with Gasteiger partial charge in [-0.2, -0.15) is 5.10 Å². The number of hydrogen-bond donors (Lipinski definition) is 1. The van der Waals surface area contributed by atoms with E-state index in [9.17, 15) is 0 Å². The molecule has 0 saturated heterocycles. The summed E-state index contributed by atoms with van der Waals surface area (Å²) in [6.45, 7) is 9.71. The van der Waals surface area contributed by atoms with E-state index in [-0.39, 0.29) is 0 Å². The molecular formula is C14H26N4O. The van der Waals surface area contributed by atoms with Gasteiger partial charge in [-0.05, 0) is 32.0 Å². The predicted molar refractivity (Wildman–Crippen MR) is 78.4 cm³/mol. The molecule has 0 spiro atoms. The van der Waals surface area contributed by atoms with Gasteiger partial charge in [-0.3, -0.25) is 0 Å². The summed E-state index contributed by atoms with van der Waals surface area (Å²) in [5.74, 6) is 0.923. The number of methoxy groups -OCH3 is 1. The number of nitrogens with zero attached hydrogens (tertiary/aromatic N) is 3. The first kappa shape index (κ1) is 15.9. The lowest BCUT2D eigenvalue weighted by atomic mass is 10.2. The van der Waals surface area contributed by atoms with Crippen molar-refractivity contribution in [2.75, 3.05) is 31.7 Å². The molecule has 0 saturated carbocycles. The van der Waals surface area contributed by atoms with Crippen LogP contribution in [0.4, 0.5) is 5.82 Å². The zero-order chi connectivity index (χ0) is 14.1. The molecular weight excluding hydrogens is 240 g/mol. The number of aromatic nitrogens is 2. The van der Waals surface area contributed by atoms with E-state index in [2.05, 4.69) is 41.2 Å². The summed E-state index contributed by atoms with van der Waals surface area (Å²) in [5, 5.41) is 11.8. The molecule has 0 aliphatic carbocycles. The van der Waals surface area contributed by atoms with Crippen molar-refractivity contribution in [3.63, 3.8) is 0 Å². The largest absolute Gasteiger partial charge is 0.383 e. The smallest absolute Gasteiger partial charge is 0.151 e. The molecule has 1 aromatic rings. The van der Waals surface area contributed by atoms with Gasteiger partial charge in [0.25, 0.3) is 0 Å². The van der Waals surface area contributed by atoms with Crippen molar-refractivity contribution >= 4 is 5.82 Å². The van der Waals surface area contributed by atoms with Crippen molar-refractivity contribution in [1.29, 1.82) is 0 Å². The lowest BCUT2D eigenvalue weighted by molar-refractivity contribution is 0.203. The summed E-state index contributed by atoms with van der Waals surface area (Å²) in [6, 6.07) is 4.51. The second kappa shape index (κ2) is 8.82. The van der Waals surface area contributed by atoms with Crippen LogP contribution in [0.5, 0.6) is 0 Å². The number of rotatable bonds is 9. The molecule has 5 heteroatoms. The van der Waals surface area contributed by atoms with Gasteiger partial charge in [0.15, 0.2) is 5.82 Å². The molecule has 0 amide bonds. The first-order valence-corrected chi connectivity index (χ1v) is 7.01. The molecule has 1 aromatic heterocycles. The molecule has 5 nitrogen and oxygen atoms in total. The molecule has 0 aliphatic heterocycles. The number of hydrogen-bond acceptors (Lipinski definition) is 5. The summed E-state index contributed by atoms with van der Waals surface area (Å²) in [7, 11) is 1.72.